The lowest BCUT2D eigenvalue weighted by atomic mass is 9.99. The van der Waals surface area contributed by atoms with Crippen LogP contribution >= 0.6 is 11.6 Å². The molecule has 0 spiro atoms. The van der Waals surface area contributed by atoms with Crippen molar-refractivity contribution in [1.29, 1.82) is 0 Å². The summed E-state index contributed by atoms with van der Waals surface area (Å²) in [6, 6.07) is 2.85. The first-order chi connectivity index (χ1) is 9.11. The number of hydrogen-bond acceptors (Lipinski definition) is 5. The number of ether oxygens (including phenoxy) is 1. The van der Waals surface area contributed by atoms with E-state index in [1.54, 1.807) is 7.11 Å². The maximum Gasteiger partial charge on any atom is 0.311 e. The van der Waals surface area contributed by atoms with Crippen LogP contribution in [-0.2, 0) is 4.74 Å². The highest BCUT2D eigenvalue weighted by Gasteiger charge is 2.27. The number of anilines is 1. The topological polar surface area (TPSA) is 68.5 Å². The van der Waals surface area contributed by atoms with E-state index < -0.39 is 4.92 Å². The van der Waals surface area contributed by atoms with Gasteiger partial charge in [0.25, 0.3) is 0 Å². The first-order valence-electron chi connectivity index (χ1n) is 6.16. The molecule has 0 amide bonds. The summed E-state index contributed by atoms with van der Waals surface area (Å²) in [5.41, 5.74) is 0.00228. The van der Waals surface area contributed by atoms with E-state index in [-0.39, 0.29) is 10.8 Å². The summed E-state index contributed by atoms with van der Waals surface area (Å²) >= 11 is 5.85. The molecule has 1 aliphatic heterocycles. The second-order valence-electron chi connectivity index (χ2n) is 4.64. The van der Waals surface area contributed by atoms with Gasteiger partial charge in [-0.3, -0.25) is 10.1 Å². The standard InChI is InChI=1S/C12H16ClN3O3/c1-19-8-9-3-2-6-15(7-9)12-10(16(17)18)4-5-11(13)14-12/h4-5,9H,2-3,6-8H2,1H3. The van der Waals surface area contributed by atoms with Crippen molar-refractivity contribution in [1.82, 2.24) is 4.98 Å². The van der Waals surface area contributed by atoms with Crippen LogP contribution in [0.2, 0.25) is 5.15 Å². The fraction of sp³-hybridized carbons (Fsp3) is 0.583. The Morgan fingerprint density at radius 2 is 2.42 bits per heavy atom. The Hall–Kier alpha value is -1.40. The lowest BCUT2D eigenvalue weighted by molar-refractivity contribution is -0.384. The molecule has 1 aromatic heterocycles. The third-order valence-corrected chi connectivity index (χ3v) is 3.45. The molecular weight excluding hydrogens is 270 g/mol. The van der Waals surface area contributed by atoms with Gasteiger partial charge in [0.2, 0.25) is 5.82 Å². The normalized spacial score (nSPS) is 19.5. The van der Waals surface area contributed by atoms with Crippen LogP contribution in [0.3, 0.4) is 0 Å². The Kier molecular flexibility index (Phi) is 4.55. The number of nitrogens with zero attached hydrogens (tertiary/aromatic N) is 3. The molecule has 2 rings (SSSR count). The quantitative estimate of drug-likeness (QED) is 0.483. The number of hydrogen-bond donors (Lipinski definition) is 0. The third-order valence-electron chi connectivity index (χ3n) is 3.24. The zero-order valence-electron chi connectivity index (χ0n) is 10.7. The molecule has 1 aromatic rings. The maximum absolute atomic E-state index is 11.1. The molecule has 0 saturated carbocycles. The molecule has 1 unspecified atom stereocenters. The van der Waals surface area contributed by atoms with Crippen molar-refractivity contribution in [3.05, 3.63) is 27.4 Å². The Morgan fingerprint density at radius 3 is 3.11 bits per heavy atom. The minimum absolute atomic E-state index is 0.00228. The van der Waals surface area contributed by atoms with E-state index in [1.807, 2.05) is 4.90 Å². The summed E-state index contributed by atoms with van der Waals surface area (Å²) in [6.45, 7) is 2.13. The van der Waals surface area contributed by atoms with E-state index in [2.05, 4.69) is 4.98 Å². The van der Waals surface area contributed by atoms with Crippen LogP contribution in [0.1, 0.15) is 12.8 Å². The highest BCUT2D eigenvalue weighted by molar-refractivity contribution is 6.29. The number of methoxy groups -OCH3 is 1. The number of rotatable bonds is 4. The molecular formula is C12H16ClN3O3. The molecule has 0 aliphatic carbocycles. The van der Waals surface area contributed by atoms with Crippen LogP contribution in [-0.4, -0.2) is 36.7 Å². The molecule has 7 heteroatoms. The molecule has 1 atom stereocenters. The first-order valence-corrected chi connectivity index (χ1v) is 6.54. The number of aromatic nitrogens is 1. The monoisotopic (exact) mass is 285 g/mol. The average molecular weight is 286 g/mol. The van der Waals surface area contributed by atoms with E-state index in [0.717, 1.165) is 19.4 Å². The third kappa shape index (κ3) is 3.33. The molecule has 0 N–H and O–H groups in total. The van der Waals surface area contributed by atoms with Crippen LogP contribution in [0.4, 0.5) is 11.5 Å². The summed E-state index contributed by atoms with van der Waals surface area (Å²) in [4.78, 5) is 16.7. The van der Waals surface area contributed by atoms with Gasteiger partial charge < -0.3 is 9.64 Å². The van der Waals surface area contributed by atoms with E-state index >= 15 is 0 Å². The minimum atomic E-state index is -0.418. The zero-order chi connectivity index (χ0) is 13.8. The molecule has 104 valence electrons. The molecule has 1 fully saturated rings. The number of halogens is 1. The lowest BCUT2D eigenvalue weighted by Gasteiger charge is -2.32. The Morgan fingerprint density at radius 1 is 1.63 bits per heavy atom. The summed E-state index contributed by atoms with van der Waals surface area (Å²) in [5.74, 6) is 0.734. The summed E-state index contributed by atoms with van der Waals surface area (Å²) < 4.78 is 5.16. The highest BCUT2D eigenvalue weighted by Crippen LogP contribution is 2.31. The molecule has 2 heterocycles. The van der Waals surface area contributed by atoms with Crippen LogP contribution in [0, 0.1) is 16.0 Å². The van der Waals surface area contributed by atoms with Gasteiger partial charge in [-0.1, -0.05) is 11.6 Å². The fourth-order valence-corrected chi connectivity index (χ4v) is 2.57. The van der Waals surface area contributed by atoms with Gasteiger partial charge >= 0.3 is 5.69 Å². The summed E-state index contributed by atoms with van der Waals surface area (Å²) in [6.07, 6.45) is 2.04. The van der Waals surface area contributed by atoms with Crippen molar-refractivity contribution in [3.8, 4) is 0 Å². The summed E-state index contributed by atoms with van der Waals surface area (Å²) in [7, 11) is 1.67. The van der Waals surface area contributed by atoms with Crippen molar-refractivity contribution >= 4 is 23.1 Å². The molecule has 1 saturated heterocycles. The van der Waals surface area contributed by atoms with E-state index in [1.165, 1.54) is 12.1 Å². The average Bonchev–Trinajstić information content (AvgIpc) is 2.39. The van der Waals surface area contributed by atoms with Gasteiger partial charge in [-0.15, -0.1) is 0 Å². The Labute approximate surface area is 116 Å². The van der Waals surface area contributed by atoms with Crippen molar-refractivity contribution in [2.45, 2.75) is 12.8 Å². The molecule has 0 radical (unpaired) electrons. The van der Waals surface area contributed by atoms with Crippen molar-refractivity contribution in [2.24, 2.45) is 5.92 Å². The van der Waals surface area contributed by atoms with Gasteiger partial charge in [-0.2, -0.15) is 0 Å². The second-order valence-corrected chi connectivity index (χ2v) is 5.03. The van der Waals surface area contributed by atoms with Gasteiger partial charge in [0.1, 0.15) is 5.15 Å². The van der Waals surface area contributed by atoms with Gasteiger partial charge in [0, 0.05) is 26.3 Å². The van der Waals surface area contributed by atoms with Gasteiger partial charge in [0.05, 0.1) is 11.5 Å². The highest BCUT2D eigenvalue weighted by atomic mass is 35.5. The first kappa shape index (κ1) is 14.0. The largest absolute Gasteiger partial charge is 0.384 e. The van der Waals surface area contributed by atoms with Crippen LogP contribution in [0.15, 0.2) is 12.1 Å². The lowest BCUT2D eigenvalue weighted by Crippen LogP contribution is -2.38. The molecule has 19 heavy (non-hydrogen) atoms. The zero-order valence-corrected chi connectivity index (χ0v) is 11.5. The van der Waals surface area contributed by atoms with Gasteiger partial charge in [-0.05, 0) is 24.8 Å². The predicted octanol–water partition coefficient (Wildman–Crippen LogP) is 2.51. The predicted molar refractivity (Wildman–Crippen MR) is 72.7 cm³/mol. The fourth-order valence-electron chi connectivity index (χ4n) is 2.42. The van der Waals surface area contributed by atoms with E-state index in [0.29, 0.717) is 24.9 Å². The van der Waals surface area contributed by atoms with Crippen molar-refractivity contribution in [3.63, 3.8) is 0 Å². The Balaban J connectivity index is 2.24. The van der Waals surface area contributed by atoms with E-state index in [9.17, 15) is 10.1 Å². The van der Waals surface area contributed by atoms with Gasteiger partial charge in [0.15, 0.2) is 0 Å². The van der Waals surface area contributed by atoms with Crippen LogP contribution in [0.25, 0.3) is 0 Å². The molecule has 0 bridgehead atoms. The second kappa shape index (κ2) is 6.16. The van der Waals surface area contributed by atoms with E-state index in [4.69, 9.17) is 16.3 Å². The molecule has 0 aromatic carbocycles. The summed E-state index contributed by atoms with van der Waals surface area (Å²) in [5, 5.41) is 11.3. The van der Waals surface area contributed by atoms with Crippen LogP contribution in [0.5, 0.6) is 0 Å². The smallest absolute Gasteiger partial charge is 0.311 e. The SMILES string of the molecule is COCC1CCCN(c2nc(Cl)ccc2[N+](=O)[O-])C1. The molecule has 1 aliphatic rings. The number of pyridine rings is 1. The van der Waals surface area contributed by atoms with Crippen molar-refractivity contribution < 1.29 is 9.66 Å². The van der Waals surface area contributed by atoms with Gasteiger partial charge in [-0.25, -0.2) is 4.98 Å². The Bertz CT molecular complexity index is 468. The van der Waals surface area contributed by atoms with Crippen LogP contribution < -0.4 is 4.90 Å². The maximum atomic E-state index is 11.1. The molecule has 6 nitrogen and oxygen atoms in total. The number of piperidine rings is 1. The number of nitro groups is 1. The van der Waals surface area contributed by atoms with Crippen molar-refractivity contribution in [2.75, 3.05) is 31.7 Å². The minimum Gasteiger partial charge on any atom is -0.384 e.